The van der Waals surface area contributed by atoms with Gasteiger partial charge in [-0.25, -0.2) is 9.37 Å². The van der Waals surface area contributed by atoms with Crippen molar-refractivity contribution >= 4 is 5.82 Å². The summed E-state index contributed by atoms with van der Waals surface area (Å²) in [6, 6.07) is 3.14. The van der Waals surface area contributed by atoms with Gasteiger partial charge in [-0.15, -0.1) is 0 Å². The molecule has 2 nitrogen and oxygen atoms in total. The fourth-order valence-electron chi connectivity index (χ4n) is 3.34. The summed E-state index contributed by atoms with van der Waals surface area (Å²) in [5.74, 6) is 3.54. The van der Waals surface area contributed by atoms with Crippen LogP contribution in [0.3, 0.4) is 0 Å². The zero-order valence-electron chi connectivity index (χ0n) is 9.73. The Morgan fingerprint density at radius 1 is 1.38 bits per heavy atom. The van der Waals surface area contributed by atoms with Gasteiger partial charge in [0.2, 0.25) is 0 Å². The van der Waals surface area contributed by atoms with Crippen molar-refractivity contribution in [2.24, 2.45) is 23.7 Å². The number of piperidine rings is 1. The zero-order chi connectivity index (χ0) is 11.3. The average molecular weight is 220 g/mol. The minimum absolute atomic E-state index is 0.190. The van der Waals surface area contributed by atoms with Gasteiger partial charge in [0.25, 0.3) is 0 Å². The first kappa shape index (κ1) is 10.1. The molecule has 1 aliphatic heterocycles. The Labute approximate surface area is 95.5 Å². The van der Waals surface area contributed by atoms with E-state index in [0.29, 0.717) is 5.82 Å². The lowest BCUT2D eigenvalue weighted by molar-refractivity contribution is 0.476. The zero-order valence-corrected chi connectivity index (χ0v) is 9.73. The molecule has 1 saturated heterocycles. The predicted molar refractivity (Wildman–Crippen MR) is 61.7 cm³/mol. The molecular formula is C13H17FN2. The third-order valence-electron chi connectivity index (χ3n) is 4.07. The molecule has 0 radical (unpaired) electrons. The molecule has 1 saturated carbocycles. The fraction of sp³-hybridized carbons (Fsp3) is 0.615. The smallest absolute Gasteiger partial charge is 0.165 e. The normalized spacial score (nSPS) is 32.0. The Hall–Kier alpha value is -1.12. The molecule has 16 heavy (non-hydrogen) atoms. The van der Waals surface area contributed by atoms with E-state index in [-0.39, 0.29) is 5.82 Å². The van der Waals surface area contributed by atoms with Gasteiger partial charge in [-0.1, -0.05) is 13.8 Å². The summed E-state index contributed by atoms with van der Waals surface area (Å²) < 4.78 is 13.5. The van der Waals surface area contributed by atoms with E-state index in [4.69, 9.17) is 0 Å². The highest BCUT2D eigenvalue weighted by Gasteiger charge is 2.56. The number of halogens is 1. The second-order valence-corrected chi connectivity index (χ2v) is 5.36. The number of aromatic nitrogens is 1. The number of nitrogens with zero attached hydrogens (tertiary/aromatic N) is 2. The highest BCUT2D eigenvalue weighted by molar-refractivity contribution is 5.43. The molecule has 2 fully saturated rings. The van der Waals surface area contributed by atoms with Crippen LogP contribution in [0, 0.1) is 29.5 Å². The summed E-state index contributed by atoms with van der Waals surface area (Å²) in [6.07, 6.45) is 1.67. The van der Waals surface area contributed by atoms with E-state index in [9.17, 15) is 4.39 Å². The van der Waals surface area contributed by atoms with E-state index in [1.165, 1.54) is 6.07 Å². The van der Waals surface area contributed by atoms with E-state index in [1.807, 2.05) is 0 Å². The van der Waals surface area contributed by atoms with Gasteiger partial charge in [0.1, 0.15) is 0 Å². The molecule has 0 amide bonds. The molecule has 3 heteroatoms. The lowest BCUT2D eigenvalue weighted by atomic mass is 10.0. The third-order valence-corrected chi connectivity index (χ3v) is 4.07. The Bertz CT molecular complexity index is 393. The minimum Gasteiger partial charge on any atom is -0.354 e. The summed E-state index contributed by atoms with van der Waals surface area (Å²) in [6.45, 7) is 6.55. The predicted octanol–water partition coefficient (Wildman–Crippen LogP) is 2.56. The van der Waals surface area contributed by atoms with Crippen molar-refractivity contribution in [1.82, 2.24) is 4.98 Å². The summed E-state index contributed by atoms with van der Waals surface area (Å²) in [5, 5.41) is 0. The molecule has 0 spiro atoms. The molecule has 2 atom stereocenters. The second-order valence-electron chi connectivity index (χ2n) is 5.36. The first-order valence-electron chi connectivity index (χ1n) is 6.04. The number of hydrogen-bond donors (Lipinski definition) is 0. The molecule has 1 aromatic rings. The molecule has 3 rings (SSSR count). The number of rotatable bonds is 2. The summed E-state index contributed by atoms with van der Waals surface area (Å²) in [5.41, 5.74) is 0. The molecule has 2 heterocycles. The number of anilines is 1. The number of hydrogen-bond acceptors (Lipinski definition) is 2. The molecule has 86 valence electrons. The minimum atomic E-state index is -0.190. The van der Waals surface area contributed by atoms with Crippen molar-refractivity contribution in [2.75, 3.05) is 18.0 Å². The lowest BCUT2D eigenvalue weighted by Gasteiger charge is -2.22. The van der Waals surface area contributed by atoms with E-state index in [1.54, 1.807) is 12.3 Å². The molecular weight excluding hydrogens is 203 g/mol. The number of pyridine rings is 1. The summed E-state index contributed by atoms with van der Waals surface area (Å²) in [4.78, 5) is 6.24. The van der Waals surface area contributed by atoms with E-state index < -0.39 is 0 Å². The SMILES string of the molecule is CC(C)C1C2CN(c3ncccc3F)CC21. The third kappa shape index (κ3) is 1.41. The van der Waals surface area contributed by atoms with Gasteiger partial charge < -0.3 is 4.90 Å². The van der Waals surface area contributed by atoms with Gasteiger partial charge in [-0.05, 0) is 35.8 Å². The van der Waals surface area contributed by atoms with Crippen LogP contribution in [-0.2, 0) is 0 Å². The van der Waals surface area contributed by atoms with Crippen LogP contribution in [0.15, 0.2) is 18.3 Å². The van der Waals surface area contributed by atoms with Crippen molar-refractivity contribution in [1.29, 1.82) is 0 Å². The van der Waals surface area contributed by atoms with Gasteiger partial charge in [0, 0.05) is 19.3 Å². The highest BCUT2D eigenvalue weighted by atomic mass is 19.1. The first-order chi connectivity index (χ1) is 7.68. The topological polar surface area (TPSA) is 16.1 Å². The van der Waals surface area contributed by atoms with Gasteiger partial charge in [-0.3, -0.25) is 0 Å². The standard InChI is InChI=1S/C13H17FN2/c1-8(2)12-9-6-16(7-10(9)12)13-11(14)4-3-5-15-13/h3-5,8-10,12H,6-7H2,1-2H3. The van der Waals surface area contributed by atoms with E-state index >= 15 is 0 Å². The van der Waals surface area contributed by atoms with Gasteiger partial charge in [0.15, 0.2) is 11.6 Å². The van der Waals surface area contributed by atoms with Crippen molar-refractivity contribution in [3.63, 3.8) is 0 Å². The maximum absolute atomic E-state index is 13.5. The monoisotopic (exact) mass is 220 g/mol. The lowest BCUT2D eigenvalue weighted by Crippen LogP contribution is -2.26. The Kier molecular flexibility index (Phi) is 2.16. The van der Waals surface area contributed by atoms with Crippen LogP contribution in [0.5, 0.6) is 0 Å². The van der Waals surface area contributed by atoms with Crippen molar-refractivity contribution in [2.45, 2.75) is 13.8 Å². The molecule has 0 bridgehead atoms. The molecule has 0 N–H and O–H groups in total. The van der Waals surface area contributed by atoms with E-state index in [2.05, 4.69) is 23.7 Å². The van der Waals surface area contributed by atoms with Crippen LogP contribution in [0.1, 0.15) is 13.8 Å². The Morgan fingerprint density at radius 3 is 2.62 bits per heavy atom. The van der Waals surface area contributed by atoms with Crippen LogP contribution in [0.25, 0.3) is 0 Å². The van der Waals surface area contributed by atoms with Crippen LogP contribution in [0.2, 0.25) is 0 Å². The molecule has 2 aliphatic rings. The van der Waals surface area contributed by atoms with Crippen LogP contribution in [0.4, 0.5) is 10.2 Å². The van der Waals surface area contributed by atoms with Gasteiger partial charge in [-0.2, -0.15) is 0 Å². The van der Waals surface area contributed by atoms with Gasteiger partial charge >= 0.3 is 0 Å². The van der Waals surface area contributed by atoms with Crippen molar-refractivity contribution < 1.29 is 4.39 Å². The number of fused-ring (bicyclic) bond motifs is 1. The quantitative estimate of drug-likeness (QED) is 0.761. The maximum Gasteiger partial charge on any atom is 0.165 e. The van der Waals surface area contributed by atoms with Crippen LogP contribution < -0.4 is 4.90 Å². The Morgan fingerprint density at radius 2 is 2.06 bits per heavy atom. The van der Waals surface area contributed by atoms with E-state index in [0.717, 1.165) is 36.8 Å². The largest absolute Gasteiger partial charge is 0.354 e. The van der Waals surface area contributed by atoms with Gasteiger partial charge in [0.05, 0.1) is 0 Å². The average Bonchev–Trinajstić information content (AvgIpc) is 2.76. The first-order valence-corrected chi connectivity index (χ1v) is 6.04. The van der Waals surface area contributed by atoms with Crippen molar-refractivity contribution in [3.8, 4) is 0 Å². The second kappa shape index (κ2) is 3.44. The highest BCUT2D eigenvalue weighted by Crippen LogP contribution is 2.55. The van der Waals surface area contributed by atoms with Crippen molar-refractivity contribution in [3.05, 3.63) is 24.1 Å². The fourth-order valence-corrected chi connectivity index (χ4v) is 3.34. The van der Waals surface area contributed by atoms with Crippen LogP contribution in [-0.4, -0.2) is 18.1 Å². The Balaban J connectivity index is 1.72. The molecule has 1 aromatic heterocycles. The summed E-state index contributed by atoms with van der Waals surface area (Å²) in [7, 11) is 0. The maximum atomic E-state index is 13.5. The molecule has 2 unspecified atom stereocenters. The molecule has 0 aromatic carbocycles. The summed E-state index contributed by atoms with van der Waals surface area (Å²) >= 11 is 0. The molecule has 1 aliphatic carbocycles. The van der Waals surface area contributed by atoms with Crippen LogP contribution >= 0.6 is 0 Å².